The van der Waals surface area contributed by atoms with Gasteiger partial charge in [0.2, 0.25) is 23.6 Å². The van der Waals surface area contributed by atoms with Crippen LogP contribution in [-0.4, -0.2) is 41.9 Å². The number of ether oxygens (including phenoxy) is 1. The Labute approximate surface area is 135 Å². The largest absolute Gasteiger partial charge is 0.475 e. The van der Waals surface area contributed by atoms with E-state index in [1.807, 2.05) is 13.8 Å². The quantitative estimate of drug-likeness (QED) is 0.611. The molecule has 1 aromatic heterocycles. The van der Waals surface area contributed by atoms with E-state index in [1.165, 1.54) is 6.92 Å². The zero-order chi connectivity index (χ0) is 17.2. The molecule has 0 unspecified atom stereocenters. The second kappa shape index (κ2) is 9.39. The fourth-order valence-electron chi connectivity index (χ4n) is 1.54. The molecule has 8 heteroatoms. The van der Waals surface area contributed by atoms with Crippen LogP contribution in [-0.2, 0) is 20.9 Å². The van der Waals surface area contributed by atoms with Crippen molar-refractivity contribution in [2.45, 2.75) is 33.4 Å². The highest BCUT2D eigenvalue weighted by molar-refractivity contribution is 5.87. The molecule has 1 aromatic rings. The molecule has 3 N–H and O–H groups in total. The van der Waals surface area contributed by atoms with Crippen molar-refractivity contribution in [1.29, 1.82) is 0 Å². The Kier molecular flexibility index (Phi) is 7.52. The fourth-order valence-corrected chi connectivity index (χ4v) is 1.54. The van der Waals surface area contributed by atoms with E-state index >= 15 is 0 Å². The molecule has 0 aliphatic heterocycles. The minimum Gasteiger partial charge on any atom is -0.475 e. The Morgan fingerprint density at radius 3 is 2.30 bits per heavy atom. The summed E-state index contributed by atoms with van der Waals surface area (Å²) in [5.41, 5.74) is 0.819. The van der Waals surface area contributed by atoms with Gasteiger partial charge in [0.05, 0.1) is 19.2 Å². The van der Waals surface area contributed by atoms with Gasteiger partial charge in [-0.15, -0.1) is 0 Å². The van der Waals surface area contributed by atoms with Crippen LogP contribution >= 0.6 is 0 Å². The van der Waals surface area contributed by atoms with Gasteiger partial charge in [-0.2, -0.15) is 0 Å². The van der Waals surface area contributed by atoms with Crippen molar-refractivity contribution in [3.8, 4) is 5.88 Å². The highest BCUT2D eigenvalue weighted by Gasteiger charge is 2.06. The molecule has 0 radical (unpaired) electrons. The lowest BCUT2D eigenvalue weighted by molar-refractivity contribution is -0.127. The van der Waals surface area contributed by atoms with Gasteiger partial charge in [-0.25, -0.2) is 4.98 Å². The minimum absolute atomic E-state index is 0.0501. The second-order valence-corrected chi connectivity index (χ2v) is 5.13. The number of amides is 3. The molecule has 0 saturated carbocycles. The van der Waals surface area contributed by atoms with Crippen LogP contribution in [0.3, 0.4) is 0 Å². The van der Waals surface area contributed by atoms with E-state index in [2.05, 4.69) is 20.9 Å². The number of rotatable bonds is 8. The Morgan fingerprint density at radius 2 is 1.74 bits per heavy atom. The highest BCUT2D eigenvalue weighted by Crippen LogP contribution is 2.09. The molecule has 3 amide bonds. The number of hydrogen-bond donors (Lipinski definition) is 3. The maximum Gasteiger partial charge on any atom is 0.239 e. The molecular formula is C15H22N4O4. The molecule has 0 bridgehead atoms. The van der Waals surface area contributed by atoms with Crippen LogP contribution in [0.25, 0.3) is 0 Å². The molecule has 0 aromatic carbocycles. The summed E-state index contributed by atoms with van der Waals surface area (Å²) in [6, 6.07) is 3.54. The average Bonchev–Trinajstić information content (AvgIpc) is 2.49. The predicted octanol–water partition coefficient (Wildman–Crippen LogP) is -0.263. The zero-order valence-corrected chi connectivity index (χ0v) is 13.5. The van der Waals surface area contributed by atoms with Crippen LogP contribution in [0.2, 0.25) is 0 Å². The maximum absolute atomic E-state index is 11.6. The fraction of sp³-hybridized carbons (Fsp3) is 0.467. The molecule has 0 atom stereocenters. The Balaban J connectivity index is 2.27. The number of nitrogens with one attached hydrogen (secondary N) is 3. The predicted molar refractivity (Wildman–Crippen MR) is 83.5 cm³/mol. The van der Waals surface area contributed by atoms with E-state index in [4.69, 9.17) is 4.74 Å². The normalized spacial score (nSPS) is 10.1. The summed E-state index contributed by atoms with van der Waals surface area (Å²) in [7, 11) is 0. The van der Waals surface area contributed by atoms with E-state index in [0.717, 1.165) is 5.56 Å². The van der Waals surface area contributed by atoms with Gasteiger partial charge in [-0.1, -0.05) is 6.07 Å². The monoisotopic (exact) mass is 322 g/mol. The molecule has 8 nitrogen and oxygen atoms in total. The van der Waals surface area contributed by atoms with E-state index < -0.39 is 5.91 Å². The van der Waals surface area contributed by atoms with E-state index in [-0.39, 0.29) is 31.0 Å². The lowest BCUT2D eigenvalue weighted by Gasteiger charge is -2.10. The van der Waals surface area contributed by atoms with Crippen LogP contribution < -0.4 is 20.7 Å². The first-order chi connectivity index (χ1) is 10.9. The number of hydrogen-bond acceptors (Lipinski definition) is 5. The third kappa shape index (κ3) is 8.40. The molecule has 0 saturated heterocycles. The summed E-state index contributed by atoms with van der Waals surface area (Å²) < 4.78 is 5.42. The molecule has 23 heavy (non-hydrogen) atoms. The first kappa shape index (κ1) is 18.4. The van der Waals surface area contributed by atoms with Gasteiger partial charge in [0, 0.05) is 25.7 Å². The standard InChI is InChI=1S/C15H22N4O4/c1-10(2)23-15-5-4-12(7-19-15)6-17-14(22)9-18-13(21)8-16-11(3)20/h4-5,7,10H,6,8-9H2,1-3H3,(H,16,20)(H,17,22)(H,18,21). The molecule has 126 valence electrons. The van der Waals surface area contributed by atoms with E-state index in [9.17, 15) is 14.4 Å². The van der Waals surface area contributed by atoms with Crippen molar-refractivity contribution < 1.29 is 19.1 Å². The molecule has 0 aliphatic carbocycles. The molecule has 0 aliphatic rings. The summed E-state index contributed by atoms with van der Waals surface area (Å²) in [6.45, 7) is 5.14. The highest BCUT2D eigenvalue weighted by atomic mass is 16.5. The first-order valence-corrected chi connectivity index (χ1v) is 7.26. The van der Waals surface area contributed by atoms with Gasteiger partial charge in [0.15, 0.2) is 0 Å². The number of carbonyl (C=O) groups excluding carboxylic acids is 3. The number of carbonyl (C=O) groups is 3. The summed E-state index contributed by atoms with van der Waals surface area (Å²) in [6.07, 6.45) is 1.67. The number of aromatic nitrogens is 1. The molecular weight excluding hydrogens is 300 g/mol. The van der Waals surface area contributed by atoms with Gasteiger partial charge in [-0.3, -0.25) is 14.4 Å². The van der Waals surface area contributed by atoms with Crippen LogP contribution in [0.5, 0.6) is 5.88 Å². The summed E-state index contributed by atoms with van der Waals surface area (Å²) in [5.74, 6) is -0.529. The molecule has 1 heterocycles. The van der Waals surface area contributed by atoms with Crippen LogP contribution in [0.4, 0.5) is 0 Å². The van der Waals surface area contributed by atoms with E-state index in [0.29, 0.717) is 12.4 Å². The Bertz CT molecular complexity index is 543. The SMILES string of the molecule is CC(=O)NCC(=O)NCC(=O)NCc1ccc(OC(C)C)nc1. The summed E-state index contributed by atoms with van der Waals surface area (Å²) in [4.78, 5) is 37.7. The molecule has 1 rings (SSSR count). The lowest BCUT2D eigenvalue weighted by atomic mass is 10.3. The van der Waals surface area contributed by atoms with Crippen LogP contribution in [0.15, 0.2) is 18.3 Å². The number of nitrogens with zero attached hydrogens (tertiary/aromatic N) is 1. The van der Waals surface area contributed by atoms with E-state index in [1.54, 1.807) is 18.3 Å². The van der Waals surface area contributed by atoms with Crippen molar-refractivity contribution in [2.75, 3.05) is 13.1 Å². The third-order valence-electron chi connectivity index (χ3n) is 2.59. The first-order valence-electron chi connectivity index (χ1n) is 7.26. The van der Waals surface area contributed by atoms with Crippen molar-refractivity contribution in [1.82, 2.24) is 20.9 Å². The maximum atomic E-state index is 11.6. The average molecular weight is 322 g/mol. The third-order valence-corrected chi connectivity index (χ3v) is 2.59. The van der Waals surface area contributed by atoms with Gasteiger partial charge < -0.3 is 20.7 Å². The molecule has 0 spiro atoms. The van der Waals surface area contributed by atoms with Crippen molar-refractivity contribution in [3.63, 3.8) is 0 Å². The Morgan fingerprint density at radius 1 is 1.09 bits per heavy atom. The summed E-state index contributed by atoms with van der Waals surface area (Å²) in [5, 5.41) is 7.40. The van der Waals surface area contributed by atoms with Crippen molar-refractivity contribution in [3.05, 3.63) is 23.9 Å². The Hall–Kier alpha value is -2.64. The van der Waals surface area contributed by atoms with Gasteiger partial charge in [0.1, 0.15) is 0 Å². The van der Waals surface area contributed by atoms with Gasteiger partial charge in [-0.05, 0) is 19.4 Å². The topological polar surface area (TPSA) is 109 Å². The lowest BCUT2D eigenvalue weighted by Crippen LogP contribution is -2.41. The summed E-state index contributed by atoms with van der Waals surface area (Å²) >= 11 is 0. The van der Waals surface area contributed by atoms with Gasteiger partial charge in [0.25, 0.3) is 0 Å². The van der Waals surface area contributed by atoms with Crippen LogP contribution in [0, 0.1) is 0 Å². The second-order valence-electron chi connectivity index (χ2n) is 5.13. The van der Waals surface area contributed by atoms with Crippen LogP contribution in [0.1, 0.15) is 26.3 Å². The van der Waals surface area contributed by atoms with Crippen molar-refractivity contribution >= 4 is 17.7 Å². The number of pyridine rings is 1. The minimum atomic E-state index is -0.424. The zero-order valence-electron chi connectivity index (χ0n) is 13.5. The smallest absolute Gasteiger partial charge is 0.239 e. The molecule has 0 fully saturated rings. The van der Waals surface area contributed by atoms with Gasteiger partial charge >= 0.3 is 0 Å². The van der Waals surface area contributed by atoms with Crippen molar-refractivity contribution in [2.24, 2.45) is 0 Å².